The van der Waals surface area contributed by atoms with Crippen LogP contribution >= 0.6 is 0 Å². The second-order valence-electron chi connectivity index (χ2n) is 7.80. The SMILES string of the molecule is Cc1ccc(-n2c(C=Cc3cccc4ccccc34)nc3ccccc3c2=O)cc1C. The Morgan fingerprint density at radius 2 is 1.48 bits per heavy atom. The Balaban J connectivity index is 1.74. The molecule has 0 aliphatic carbocycles. The normalized spacial score (nSPS) is 11.5. The Labute approximate surface area is 180 Å². The lowest BCUT2D eigenvalue weighted by Crippen LogP contribution is -2.22. The lowest BCUT2D eigenvalue weighted by atomic mass is 10.0. The number of rotatable bonds is 3. The zero-order chi connectivity index (χ0) is 21.4. The van der Waals surface area contributed by atoms with Gasteiger partial charge < -0.3 is 0 Å². The summed E-state index contributed by atoms with van der Waals surface area (Å²) in [5, 5.41) is 2.97. The van der Waals surface area contributed by atoms with Gasteiger partial charge in [-0.25, -0.2) is 4.98 Å². The Hall–Kier alpha value is -3.98. The first-order chi connectivity index (χ1) is 15.1. The van der Waals surface area contributed by atoms with Crippen LogP contribution in [0.1, 0.15) is 22.5 Å². The molecular formula is C28H22N2O. The molecule has 31 heavy (non-hydrogen) atoms. The summed E-state index contributed by atoms with van der Waals surface area (Å²) in [5.74, 6) is 0.611. The number of nitrogens with zero attached hydrogens (tertiary/aromatic N) is 2. The zero-order valence-corrected chi connectivity index (χ0v) is 17.5. The molecule has 3 nitrogen and oxygen atoms in total. The predicted molar refractivity (Wildman–Crippen MR) is 130 cm³/mol. The van der Waals surface area contributed by atoms with E-state index < -0.39 is 0 Å². The summed E-state index contributed by atoms with van der Waals surface area (Å²) >= 11 is 0. The Kier molecular flexibility index (Phi) is 4.72. The average Bonchev–Trinajstić information content (AvgIpc) is 2.80. The first-order valence-corrected chi connectivity index (χ1v) is 10.4. The van der Waals surface area contributed by atoms with Crippen LogP contribution < -0.4 is 5.56 Å². The third kappa shape index (κ3) is 3.44. The van der Waals surface area contributed by atoms with Crippen LogP contribution in [0, 0.1) is 13.8 Å². The quantitative estimate of drug-likeness (QED) is 0.354. The molecule has 0 saturated carbocycles. The maximum Gasteiger partial charge on any atom is 0.266 e. The first-order valence-electron chi connectivity index (χ1n) is 10.4. The first kappa shape index (κ1) is 19.0. The molecule has 5 rings (SSSR count). The minimum atomic E-state index is -0.0635. The lowest BCUT2D eigenvalue weighted by Gasteiger charge is -2.13. The van der Waals surface area contributed by atoms with E-state index in [1.54, 1.807) is 4.57 Å². The van der Waals surface area contributed by atoms with Crippen LogP contribution in [-0.2, 0) is 0 Å². The van der Waals surface area contributed by atoms with E-state index in [1.165, 1.54) is 16.3 Å². The molecule has 0 radical (unpaired) electrons. The van der Waals surface area contributed by atoms with E-state index >= 15 is 0 Å². The van der Waals surface area contributed by atoms with Crippen molar-refractivity contribution in [3.05, 3.63) is 118 Å². The van der Waals surface area contributed by atoms with Gasteiger partial charge in [0.2, 0.25) is 0 Å². The summed E-state index contributed by atoms with van der Waals surface area (Å²) in [6.45, 7) is 4.13. The molecule has 150 valence electrons. The molecule has 0 amide bonds. The Bertz CT molecular complexity index is 1520. The molecule has 0 aliphatic heterocycles. The van der Waals surface area contributed by atoms with Crippen molar-refractivity contribution >= 4 is 33.8 Å². The third-order valence-electron chi connectivity index (χ3n) is 5.79. The second-order valence-corrected chi connectivity index (χ2v) is 7.80. The number of aromatic nitrogens is 2. The lowest BCUT2D eigenvalue weighted by molar-refractivity contribution is 0.941. The molecule has 1 heterocycles. The van der Waals surface area contributed by atoms with Crippen LogP contribution in [0.15, 0.2) is 89.7 Å². The van der Waals surface area contributed by atoms with Crippen molar-refractivity contribution in [2.24, 2.45) is 0 Å². The van der Waals surface area contributed by atoms with E-state index in [9.17, 15) is 4.79 Å². The minimum absolute atomic E-state index is 0.0635. The highest BCUT2D eigenvalue weighted by Crippen LogP contribution is 2.22. The highest BCUT2D eigenvalue weighted by Gasteiger charge is 2.11. The molecule has 0 unspecified atom stereocenters. The van der Waals surface area contributed by atoms with Gasteiger partial charge in [-0.1, -0.05) is 66.7 Å². The maximum absolute atomic E-state index is 13.5. The molecule has 0 bridgehead atoms. The van der Waals surface area contributed by atoms with Crippen molar-refractivity contribution in [3.8, 4) is 5.69 Å². The van der Waals surface area contributed by atoms with Crippen LogP contribution in [0.4, 0.5) is 0 Å². The van der Waals surface area contributed by atoms with Crippen molar-refractivity contribution in [3.63, 3.8) is 0 Å². The van der Waals surface area contributed by atoms with Gasteiger partial charge in [-0.15, -0.1) is 0 Å². The van der Waals surface area contributed by atoms with E-state index in [4.69, 9.17) is 4.98 Å². The molecule has 0 atom stereocenters. The zero-order valence-electron chi connectivity index (χ0n) is 17.5. The van der Waals surface area contributed by atoms with Crippen molar-refractivity contribution in [2.75, 3.05) is 0 Å². The highest BCUT2D eigenvalue weighted by atomic mass is 16.1. The molecule has 0 spiro atoms. The van der Waals surface area contributed by atoms with Crippen LogP contribution in [0.25, 0.3) is 39.5 Å². The van der Waals surface area contributed by atoms with Crippen LogP contribution in [0.5, 0.6) is 0 Å². The topological polar surface area (TPSA) is 34.9 Å². The number of hydrogen-bond donors (Lipinski definition) is 0. The summed E-state index contributed by atoms with van der Waals surface area (Å²) in [6, 6.07) is 28.1. The van der Waals surface area contributed by atoms with Gasteiger partial charge in [0, 0.05) is 0 Å². The molecule has 3 heteroatoms. The summed E-state index contributed by atoms with van der Waals surface area (Å²) in [7, 11) is 0. The van der Waals surface area contributed by atoms with Crippen LogP contribution in [0.2, 0.25) is 0 Å². The summed E-state index contributed by atoms with van der Waals surface area (Å²) < 4.78 is 1.70. The fourth-order valence-electron chi connectivity index (χ4n) is 3.94. The summed E-state index contributed by atoms with van der Waals surface area (Å²) in [5.41, 5.74) is 4.88. The summed E-state index contributed by atoms with van der Waals surface area (Å²) in [6.07, 6.45) is 3.97. The van der Waals surface area contributed by atoms with Gasteiger partial charge in [0.25, 0.3) is 5.56 Å². The number of aryl methyl sites for hydroxylation is 2. The standard InChI is InChI=1S/C28H22N2O/c1-19-14-16-23(18-20(19)2)30-27(29-26-13-6-5-12-25(26)28(30)31)17-15-22-10-7-9-21-8-3-4-11-24(21)22/h3-18H,1-2H3. The molecule has 0 aliphatic rings. The fourth-order valence-corrected chi connectivity index (χ4v) is 3.94. The molecule has 0 saturated heterocycles. The van der Waals surface area contributed by atoms with E-state index in [0.29, 0.717) is 16.7 Å². The monoisotopic (exact) mass is 402 g/mol. The molecule has 4 aromatic carbocycles. The predicted octanol–water partition coefficient (Wildman–Crippen LogP) is 6.33. The summed E-state index contributed by atoms with van der Waals surface area (Å²) in [4.78, 5) is 18.3. The van der Waals surface area contributed by atoms with Gasteiger partial charge in [0.05, 0.1) is 16.6 Å². The van der Waals surface area contributed by atoms with Crippen molar-refractivity contribution in [1.82, 2.24) is 9.55 Å². The number of fused-ring (bicyclic) bond motifs is 2. The maximum atomic E-state index is 13.5. The fraction of sp³-hybridized carbons (Fsp3) is 0.0714. The highest BCUT2D eigenvalue weighted by molar-refractivity contribution is 5.92. The molecular weight excluding hydrogens is 380 g/mol. The van der Waals surface area contributed by atoms with Crippen molar-refractivity contribution < 1.29 is 0 Å². The van der Waals surface area contributed by atoms with E-state index in [0.717, 1.165) is 16.8 Å². The second kappa shape index (κ2) is 7.69. The minimum Gasteiger partial charge on any atom is -0.268 e. The number of benzene rings is 4. The Morgan fingerprint density at radius 3 is 2.32 bits per heavy atom. The largest absolute Gasteiger partial charge is 0.268 e. The average molecular weight is 402 g/mol. The van der Waals surface area contributed by atoms with E-state index in [2.05, 4.69) is 38.1 Å². The van der Waals surface area contributed by atoms with Gasteiger partial charge in [0.15, 0.2) is 0 Å². The van der Waals surface area contributed by atoms with Gasteiger partial charge in [-0.3, -0.25) is 9.36 Å². The number of hydrogen-bond acceptors (Lipinski definition) is 2. The molecule has 1 aromatic heterocycles. The van der Waals surface area contributed by atoms with Gasteiger partial charge in [-0.05, 0) is 71.7 Å². The van der Waals surface area contributed by atoms with Crippen molar-refractivity contribution in [2.45, 2.75) is 13.8 Å². The third-order valence-corrected chi connectivity index (χ3v) is 5.79. The smallest absolute Gasteiger partial charge is 0.266 e. The molecule has 5 aromatic rings. The van der Waals surface area contributed by atoms with E-state index in [-0.39, 0.29) is 5.56 Å². The van der Waals surface area contributed by atoms with Crippen molar-refractivity contribution in [1.29, 1.82) is 0 Å². The molecule has 0 N–H and O–H groups in total. The van der Waals surface area contributed by atoms with Gasteiger partial charge in [0.1, 0.15) is 5.82 Å². The van der Waals surface area contributed by atoms with Gasteiger partial charge in [-0.2, -0.15) is 0 Å². The van der Waals surface area contributed by atoms with E-state index in [1.807, 2.05) is 72.8 Å². The van der Waals surface area contributed by atoms with Crippen LogP contribution in [-0.4, -0.2) is 9.55 Å². The van der Waals surface area contributed by atoms with Crippen LogP contribution in [0.3, 0.4) is 0 Å². The Morgan fingerprint density at radius 1 is 0.742 bits per heavy atom. The number of para-hydroxylation sites is 1. The molecule has 0 fully saturated rings. The van der Waals surface area contributed by atoms with Gasteiger partial charge >= 0.3 is 0 Å².